The van der Waals surface area contributed by atoms with Crippen LogP contribution in [0.2, 0.25) is 0 Å². The Morgan fingerprint density at radius 1 is 1.03 bits per heavy atom. The van der Waals surface area contributed by atoms with Crippen LogP contribution in [0.5, 0.6) is 17.2 Å². The number of aromatic nitrogens is 2. The number of fused-ring (bicyclic) bond motifs is 1. The number of esters is 1. The van der Waals surface area contributed by atoms with Gasteiger partial charge in [-0.15, -0.1) is 0 Å². The molecule has 11 heteroatoms. The van der Waals surface area contributed by atoms with Crippen molar-refractivity contribution < 1.29 is 33.3 Å². The summed E-state index contributed by atoms with van der Waals surface area (Å²) in [7, 11) is 5.59. The first kappa shape index (κ1) is 26.5. The number of nitrogens with zero attached hydrogens (tertiary/aromatic N) is 3. The number of methoxy groups -OCH3 is 4. The second kappa shape index (κ2) is 10.4. The van der Waals surface area contributed by atoms with Crippen molar-refractivity contribution in [2.75, 3.05) is 33.3 Å². The first-order valence-electron chi connectivity index (χ1n) is 11.8. The number of carbonyl (C=O) groups excluding carboxylic acids is 3. The Hall–Kier alpha value is -4.54. The number of anilines is 1. The molecule has 1 aliphatic heterocycles. The Kier molecular flexibility index (Phi) is 7.29. The maximum atomic E-state index is 14.1. The number of hydrogen-bond donors (Lipinski definition) is 1. The molecule has 2 heterocycles. The molecule has 0 bridgehead atoms. The zero-order chi connectivity index (χ0) is 27.6. The number of nitrogens with one attached hydrogen (secondary N) is 1. The second-order valence-corrected chi connectivity index (χ2v) is 9.03. The summed E-state index contributed by atoms with van der Waals surface area (Å²) in [6, 6.07) is 10.9. The lowest BCUT2D eigenvalue weighted by Crippen LogP contribution is -2.64. The fourth-order valence-corrected chi connectivity index (χ4v) is 4.56. The van der Waals surface area contributed by atoms with Gasteiger partial charge in [0.05, 0.1) is 47.0 Å². The van der Waals surface area contributed by atoms with E-state index >= 15 is 0 Å². The molecule has 0 aliphatic carbocycles. The largest absolute Gasteiger partial charge is 0.493 e. The molecule has 0 spiro atoms. The van der Waals surface area contributed by atoms with Gasteiger partial charge in [-0.2, -0.15) is 0 Å². The normalized spacial score (nSPS) is 16.5. The molecule has 200 valence electrons. The van der Waals surface area contributed by atoms with E-state index in [9.17, 15) is 14.4 Å². The first-order valence-corrected chi connectivity index (χ1v) is 11.8. The van der Waals surface area contributed by atoms with Crippen molar-refractivity contribution in [1.82, 2.24) is 14.9 Å². The predicted octanol–water partition coefficient (Wildman–Crippen LogP) is 2.74. The number of rotatable bonds is 8. The zero-order valence-corrected chi connectivity index (χ0v) is 22.2. The molecule has 0 radical (unpaired) electrons. The maximum Gasteiger partial charge on any atom is 0.359 e. The third-order valence-electron chi connectivity index (χ3n) is 6.56. The van der Waals surface area contributed by atoms with Crippen LogP contribution in [0.1, 0.15) is 39.0 Å². The lowest BCUT2D eigenvalue weighted by Gasteiger charge is -2.43. The highest BCUT2D eigenvalue weighted by Crippen LogP contribution is 2.44. The van der Waals surface area contributed by atoms with Crippen molar-refractivity contribution in [1.29, 1.82) is 0 Å². The van der Waals surface area contributed by atoms with Crippen molar-refractivity contribution in [3.8, 4) is 17.2 Å². The average Bonchev–Trinajstić information content (AvgIpc) is 3.35. The summed E-state index contributed by atoms with van der Waals surface area (Å²) < 4.78 is 22.7. The van der Waals surface area contributed by atoms with Crippen LogP contribution in [-0.4, -0.2) is 61.3 Å². The molecule has 1 aliphatic rings. The minimum absolute atomic E-state index is 0.00871. The average molecular weight is 523 g/mol. The fourth-order valence-electron chi connectivity index (χ4n) is 4.56. The van der Waals surface area contributed by atoms with E-state index in [2.05, 4.69) is 10.3 Å². The summed E-state index contributed by atoms with van der Waals surface area (Å²) in [4.78, 5) is 45.7. The lowest BCUT2D eigenvalue weighted by atomic mass is 9.93. The van der Waals surface area contributed by atoms with Crippen LogP contribution >= 0.6 is 0 Å². The molecule has 2 aromatic carbocycles. The smallest absolute Gasteiger partial charge is 0.359 e. The van der Waals surface area contributed by atoms with Gasteiger partial charge >= 0.3 is 5.97 Å². The zero-order valence-electron chi connectivity index (χ0n) is 22.2. The van der Waals surface area contributed by atoms with Gasteiger partial charge in [-0.1, -0.05) is 29.8 Å². The van der Waals surface area contributed by atoms with E-state index in [1.54, 1.807) is 19.1 Å². The Morgan fingerprint density at radius 2 is 1.66 bits per heavy atom. The molecular weight excluding hydrogens is 492 g/mol. The van der Waals surface area contributed by atoms with Crippen LogP contribution in [0.3, 0.4) is 0 Å². The molecule has 1 N–H and O–H groups in total. The van der Waals surface area contributed by atoms with Crippen LogP contribution in [0.15, 0.2) is 42.7 Å². The van der Waals surface area contributed by atoms with Crippen LogP contribution < -0.4 is 24.4 Å². The first-order chi connectivity index (χ1) is 18.2. The van der Waals surface area contributed by atoms with Gasteiger partial charge in [-0.3, -0.25) is 14.5 Å². The fraction of sp³-hybridized carbons (Fsp3) is 0.333. The van der Waals surface area contributed by atoms with Gasteiger partial charge in [0.25, 0.3) is 5.91 Å². The minimum Gasteiger partial charge on any atom is -0.493 e. The van der Waals surface area contributed by atoms with Crippen molar-refractivity contribution in [3.05, 3.63) is 65.2 Å². The molecule has 11 nitrogen and oxygen atoms in total. The number of carbonyl (C=O) groups is 3. The Balaban J connectivity index is 1.83. The van der Waals surface area contributed by atoms with Crippen LogP contribution in [0.4, 0.5) is 5.69 Å². The summed E-state index contributed by atoms with van der Waals surface area (Å²) in [5.74, 6) is -0.859. The second-order valence-electron chi connectivity index (χ2n) is 9.03. The highest BCUT2D eigenvalue weighted by atomic mass is 16.5. The molecule has 2 amide bonds. The third-order valence-corrected chi connectivity index (χ3v) is 6.56. The molecule has 0 unspecified atom stereocenters. The molecule has 1 atom stereocenters. The summed E-state index contributed by atoms with van der Waals surface area (Å²) in [5.41, 5.74) is 0.762. The Labute approximate surface area is 220 Å². The molecule has 38 heavy (non-hydrogen) atoms. The number of benzene rings is 2. The number of imidazole rings is 1. The van der Waals surface area contributed by atoms with E-state index in [0.717, 1.165) is 11.1 Å². The summed E-state index contributed by atoms with van der Waals surface area (Å²) in [5, 5.41) is 2.95. The molecule has 0 saturated heterocycles. The number of aryl methyl sites for hydroxylation is 1. The van der Waals surface area contributed by atoms with Crippen molar-refractivity contribution in [3.63, 3.8) is 0 Å². The van der Waals surface area contributed by atoms with E-state index in [4.69, 9.17) is 18.9 Å². The van der Waals surface area contributed by atoms with E-state index in [1.807, 2.05) is 31.2 Å². The van der Waals surface area contributed by atoms with Gasteiger partial charge in [0, 0.05) is 18.7 Å². The highest BCUT2D eigenvalue weighted by molar-refractivity contribution is 6.15. The van der Waals surface area contributed by atoms with Crippen molar-refractivity contribution in [2.24, 2.45) is 0 Å². The van der Waals surface area contributed by atoms with Gasteiger partial charge < -0.3 is 28.8 Å². The molecule has 4 rings (SSSR count). The summed E-state index contributed by atoms with van der Waals surface area (Å²) >= 11 is 0. The van der Waals surface area contributed by atoms with E-state index in [0.29, 0.717) is 22.9 Å². The molecule has 1 aromatic heterocycles. The van der Waals surface area contributed by atoms with E-state index in [-0.39, 0.29) is 24.5 Å². The molecular formula is C27H30N4O7. The van der Waals surface area contributed by atoms with Gasteiger partial charge in [0.15, 0.2) is 17.2 Å². The number of amides is 2. The van der Waals surface area contributed by atoms with E-state index in [1.165, 1.54) is 44.2 Å². The molecule has 0 fully saturated rings. The third kappa shape index (κ3) is 4.51. The van der Waals surface area contributed by atoms with Gasteiger partial charge in [-0.25, -0.2) is 9.78 Å². The van der Waals surface area contributed by atoms with Crippen LogP contribution in [-0.2, 0) is 22.6 Å². The maximum absolute atomic E-state index is 14.1. The highest BCUT2D eigenvalue weighted by Gasteiger charge is 2.50. The molecule has 3 aromatic rings. The number of hydrogen-bond acceptors (Lipinski definition) is 8. The number of ether oxygens (including phenoxy) is 4. The van der Waals surface area contributed by atoms with Gasteiger partial charge in [-0.05, 0) is 19.4 Å². The molecule has 0 saturated carbocycles. The monoisotopic (exact) mass is 522 g/mol. The van der Waals surface area contributed by atoms with Crippen LogP contribution in [0.25, 0.3) is 0 Å². The summed E-state index contributed by atoms with van der Waals surface area (Å²) in [6.45, 7) is 3.92. The topological polar surface area (TPSA) is 121 Å². The minimum atomic E-state index is -1.42. The summed E-state index contributed by atoms with van der Waals surface area (Å²) in [6.07, 6.45) is 1.36. The SMILES string of the molecule is COC(=O)c1ncn2c1C(=O)N(c1cc(OC)c(OC)c(OC)c1)[C@](C)(C(=O)NCc1ccc(C)cc1)C2. The standard InChI is InChI=1S/C27H30N4O7/c1-16-7-9-17(10-8-16)13-28-26(34)27(2)14-30-15-29-21(25(33)38-6)22(30)24(32)31(27)18-11-19(35-3)23(37-5)20(12-18)36-4/h7-12,15H,13-14H2,1-6H3,(H,28,34)/t27-/m0/s1. The van der Waals surface area contributed by atoms with Crippen molar-refractivity contribution in [2.45, 2.75) is 32.5 Å². The Morgan fingerprint density at radius 3 is 2.21 bits per heavy atom. The lowest BCUT2D eigenvalue weighted by molar-refractivity contribution is -0.126. The van der Waals surface area contributed by atoms with Gasteiger partial charge in [0.1, 0.15) is 11.2 Å². The van der Waals surface area contributed by atoms with E-state index < -0.39 is 23.3 Å². The van der Waals surface area contributed by atoms with Gasteiger partial charge in [0.2, 0.25) is 11.7 Å². The van der Waals surface area contributed by atoms with Crippen molar-refractivity contribution >= 4 is 23.5 Å². The quantitative estimate of drug-likeness (QED) is 0.449. The Bertz CT molecular complexity index is 1360. The van der Waals surface area contributed by atoms with Crippen LogP contribution in [0, 0.1) is 6.92 Å². The predicted molar refractivity (Wildman–Crippen MR) is 138 cm³/mol.